The summed E-state index contributed by atoms with van der Waals surface area (Å²) in [4.78, 5) is 19.4. The summed E-state index contributed by atoms with van der Waals surface area (Å²) in [5.41, 5.74) is 2.39. The number of nitrogens with zero attached hydrogens (tertiary/aromatic N) is 3. The minimum absolute atomic E-state index is 0.329. The van der Waals surface area contributed by atoms with E-state index in [9.17, 15) is 4.79 Å². The first-order chi connectivity index (χ1) is 18.0. The Kier molecular flexibility index (Phi) is 7.20. The number of hydrogen-bond acceptors (Lipinski definition) is 6. The number of morpholine rings is 1. The first-order valence-corrected chi connectivity index (χ1v) is 14.3. The molecule has 0 radical (unpaired) electrons. The highest BCUT2D eigenvalue weighted by atomic mass is 79.9. The fraction of sp³-hybridized carbons (Fsp3) is 0.393. The number of carbonyl (C=O) groups is 1. The molecule has 6 nitrogen and oxygen atoms in total. The molecule has 0 spiro atoms. The molecule has 2 aliphatic heterocycles. The highest BCUT2D eigenvalue weighted by Crippen LogP contribution is 2.52. The van der Waals surface area contributed by atoms with Gasteiger partial charge in [0.25, 0.3) is 0 Å². The van der Waals surface area contributed by atoms with E-state index in [-0.39, 0.29) is 5.82 Å². The number of halogens is 2. The van der Waals surface area contributed by atoms with Gasteiger partial charge in [0.15, 0.2) is 5.06 Å². The maximum Gasteiger partial charge on any atom is 0.420 e. The van der Waals surface area contributed by atoms with Crippen LogP contribution < -0.4 is 14.5 Å². The van der Waals surface area contributed by atoms with Crippen molar-refractivity contribution in [2.45, 2.75) is 6.54 Å². The minimum atomic E-state index is -0.460. The fourth-order valence-corrected chi connectivity index (χ4v) is 6.50. The summed E-state index contributed by atoms with van der Waals surface area (Å²) in [6.45, 7) is 5.99. The largest absolute Gasteiger partial charge is 0.420 e. The van der Waals surface area contributed by atoms with Gasteiger partial charge < -0.3 is 14.4 Å². The molecule has 2 atom stereocenters. The van der Waals surface area contributed by atoms with Gasteiger partial charge in [0, 0.05) is 43.7 Å². The number of piperidine rings is 1. The third-order valence-electron chi connectivity index (χ3n) is 7.66. The molecule has 2 aromatic carbocycles. The third kappa shape index (κ3) is 5.55. The molecule has 3 aliphatic rings. The highest BCUT2D eigenvalue weighted by Gasteiger charge is 2.56. The van der Waals surface area contributed by atoms with Crippen LogP contribution in [0.25, 0.3) is 0 Å². The summed E-state index contributed by atoms with van der Waals surface area (Å²) >= 11 is 4.87. The van der Waals surface area contributed by atoms with Gasteiger partial charge in [-0.3, -0.25) is 9.80 Å². The van der Waals surface area contributed by atoms with Gasteiger partial charge in [-0.05, 0) is 71.2 Å². The van der Waals surface area contributed by atoms with E-state index in [1.165, 1.54) is 23.0 Å². The number of fused-ring (bicyclic) bond motifs is 1. The van der Waals surface area contributed by atoms with Gasteiger partial charge in [0.2, 0.25) is 0 Å². The lowest BCUT2D eigenvalue weighted by atomic mass is 10.1. The van der Waals surface area contributed by atoms with E-state index in [0.717, 1.165) is 24.1 Å². The van der Waals surface area contributed by atoms with Crippen molar-refractivity contribution in [1.29, 1.82) is 0 Å². The average Bonchev–Trinajstić information content (AvgIpc) is 3.24. The number of rotatable bonds is 7. The van der Waals surface area contributed by atoms with Crippen molar-refractivity contribution in [2.75, 3.05) is 55.7 Å². The summed E-state index contributed by atoms with van der Waals surface area (Å²) in [6.07, 6.45) is -0.460. The number of hydrogen-bond donors (Lipinski definition) is 0. The van der Waals surface area contributed by atoms with Gasteiger partial charge in [-0.25, -0.2) is 9.18 Å². The molecular formula is C28H29BrFN3O3S. The summed E-state index contributed by atoms with van der Waals surface area (Å²) in [5, 5.41) is 2.41. The van der Waals surface area contributed by atoms with E-state index >= 15 is 4.39 Å². The summed E-state index contributed by atoms with van der Waals surface area (Å²) in [7, 11) is 0. The topological polar surface area (TPSA) is 45.2 Å². The summed E-state index contributed by atoms with van der Waals surface area (Å²) in [5.74, 6) is 1.15. The number of amides is 1. The predicted molar refractivity (Wildman–Crippen MR) is 147 cm³/mol. The molecule has 0 N–H and O–H groups in total. The van der Waals surface area contributed by atoms with Crippen LogP contribution in [0.3, 0.4) is 0 Å². The molecule has 3 aromatic rings. The van der Waals surface area contributed by atoms with Gasteiger partial charge in [-0.1, -0.05) is 28.1 Å². The van der Waals surface area contributed by atoms with Crippen molar-refractivity contribution in [1.82, 2.24) is 4.90 Å². The Morgan fingerprint density at radius 2 is 1.86 bits per heavy atom. The Balaban J connectivity index is 1.14. The van der Waals surface area contributed by atoms with Crippen molar-refractivity contribution in [3.05, 3.63) is 75.8 Å². The van der Waals surface area contributed by atoms with E-state index in [2.05, 4.69) is 45.1 Å². The van der Waals surface area contributed by atoms with E-state index in [1.807, 2.05) is 22.4 Å². The minimum Gasteiger partial charge on any atom is -0.399 e. The zero-order chi connectivity index (χ0) is 25.4. The van der Waals surface area contributed by atoms with Crippen LogP contribution in [-0.2, 0) is 11.3 Å². The molecule has 2 unspecified atom stereocenters. The molecule has 37 heavy (non-hydrogen) atoms. The normalized spacial score (nSPS) is 23.1. The van der Waals surface area contributed by atoms with Crippen molar-refractivity contribution >= 4 is 44.7 Å². The van der Waals surface area contributed by atoms with Gasteiger partial charge >= 0.3 is 6.09 Å². The quantitative estimate of drug-likeness (QED) is 0.347. The molecule has 6 rings (SSSR count). The lowest BCUT2D eigenvalue weighted by molar-refractivity contribution is 0.122. The number of benzene rings is 2. The second-order valence-corrected chi connectivity index (χ2v) is 11.8. The van der Waals surface area contributed by atoms with Crippen LogP contribution >= 0.6 is 27.3 Å². The number of ether oxygens (including phenoxy) is 2. The van der Waals surface area contributed by atoms with Crippen molar-refractivity contribution in [2.24, 2.45) is 17.8 Å². The van der Waals surface area contributed by atoms with Crippen LogP contribution in [0, 0.1) is 23.6 Å². The smallest absolute Gasteiger partial charge is 0.399 e. The monoisotopic (exact) mass is 585 g/mol. The van der Waals surface area contributed by atoms with E-state index < -0.39 is 6.09 Å². The maximum atomic E-state index is 15.2. The first-order valence-electron chi connectivity index (χ1n) is 12.7. The number of carbonyl (C=O) groups excluding carboxylic acids is 1. The molecule has 3 heterocycles. The molecule has 1 amide bonds. The van der Waals surface area contributed by atoms with Gasteiger partial charge in [0.05, 0.1) is 24.6 Å². The third-order valence-corrected chi connectivity index (χ3v) is 8.93. The second-order valence-electron chi connectivity index (χ2n) is 9.96. The molecule has 3 fully saturated rings. The van der Waals surface area contributed by atoms with Crippen LogP contribution in [0.4, 0.5) is 20.6 Å². The van der Waals surface area contributed by atoms with Crippen molar-refractivity contribution < 1.29 is 18.7 Å². The van der Waals surface area contributed by atoms with Gasteiger partial charge in [0.1, 0.15) is 5.82 Å². The molecule has 1 saturated carbocycles. The number of anilines is 2. The zero-order valence-electron chi connectivity index (χ0n) is 20.4. The lowest BCUT2D eigenvalue weighted by Gasteiger charge is -2.30. The van der Waals surface area contributed by atoms with Crippen LogP contribution in [0.1, 0.15) is 5.56 Å². The Morgan fingerprint density at radius 1 is 1.11 bits per heavy atom. The number of likely N-dealkylation sites (tertiary alicyclic amines) is 1. The molecule has 194 valence electrons. The van der Waals surface area contributed by atoms with E-state index in [1.54, 1.807) is 17.0 Å². The molecule has 1 aromatic heterocycles. The standard InChI is InChI=1S/C28H29BrFN3O3S/c29-20-5-3-19(4-6-20)15-31-16-22-23(17-31)24(22)18-33(28(34)36-27-2-1-13-37-27)21-7-8-26(25(30)14-21)32-9-11-35-12-10-32/h1-8,13-14,22-24H,9-12,15-18H2. The Bertz CT molecular complexity index is 1220. The van der Waals surface area contributed by atoms with E-state index in [0.29, 0.717) is 67.0 Å². The fourth-order valence-electron chi connectivity index (χ4n) is 5.67. The van der Waals surface area contributed by atoms with Gasteiger partial charge in [-0.15, -0.1) is 11.3 Å². The average molecular weight is 587 g/mol. The number of thiophene rings is 1. The first kappa shape index (κ1) is 24.9. The van der Waals surface area contributed by atoms with Crippen LogP contribution in [0.5, 0.6) is 5.06 Å². The lowest BCUT2D eigenvalue weighted by Crippen LogP contribution is -2.38. The predicted octanol–water partition coefficient (Wildman–Crippen LogP) is 5.87. The van der Waals surface area contributed by atoms with Gasteiger partial charge in [-0.2, -0.15) is 0 Å². The summed E-state index contributed by atoms with van der Waals surface area (Å²) < 4.78 is 27.4. The van der Waals surface area contributed by atoms with Crippen LogP contribution in [0.2, 0.25) is 0 Å². The Labute approximate surface area is 228 Å². The molecule has 9 heteroatoms. The molecule has 2 saturated heterocycles. The molecule has 1 aliphatic carbocycles. The summed E-state index contributed by atoms with van der Waals surface area (Å²) in [6, 6.07) is 17.2. The maximum absolute atomic E-state index is 15.2. The van der Waals surface area contributed by atoms with Crippen molar-refractivity contribution in [3.8, 4) is 5.06 Å². The van der Waals surface area contributed by atoms with Crippen molar-refractivity contribution in [3.63, 3.8) is 0 Å². The molecule has 0 bridgehead atoms. The van der Waals surface area contributed by atoms with Crippen LogP contribution in [0.15, 0.2) is 64.5 Å². The highest BCUT2D eigenvalue weighted by molar-refractivity contribution is 9.10. The second kappa shape index (κ2) is 10.7. The molecular weight excluding hydrogens is 557 g/mol. The SMILES string of the molecule is O=C(Oc1cccs1)N(CC1C2CN(Cc3ccc(Br)cc3)CC21)c1ccc(N2CCOCC2)c(F)c1. The Morgan fingerprint density at radius 3 is 2.54 bits per heavy atom. The van der Waals surface area contributed by atoms with E-state index in [4.69, 9.17) is 9.47 Å². The Hall–Kier alpha value is -2.46. The van der Waals surface area contributed by atoms with Crippen LogP contribution in [-0.4, -0.2) is 56.9 Å². The zero-order valence-corrected chi connectivity index (χ0v) is 22.8.